The van der Waals surface area contributed by atoms with Gasteiger partial charge in [0.1, 0.15) is 11.6 Å². The number of nitrogens with zero attached hydrogens (tertiary/aromatic N) is 1. The Hall–Kier alpha value is -1.98. The lowest BCUT2D eigenvalue weighted by molar-refractivity contribution is -0.116. The molecule has 1 saturated carbocycles. The van der Waals surface area contributed by atoms with E-state index in [1.165, 1.54) is 18.2 Å². The van der Waals surface area contributed by atoms with Gasteiger partial charge in [-0.1, -0.05) is 29.8 Å². The molecule has 1 aliphatic rings. The first kappa shape index (κ1) is 18.8. The second-order valence-corrected chi connectivity index (χ2v) is 7.03. The van der Waals surface area contributed by atoms with Crippen LogP contribution in [0.2, 0.25) is 5.02 Å². The second kappa shape index (κ2) is 8.14. The van der Waals surface area contributed by atoms with Crippen molar-refractivity contribution in [2.24, 2.45) is 0 Å². The number of hydrogen-bond donors (Lipinski definition) is 1. The van der Waals surface area contributed by atoms with Crippen LogP contribution in [0.1, 0.15) is 37.8 Å². The molecular formula is C20H21ClF2N2O. The van der Waals surface area contributed by atoms with Crippen molar-refractivity contribution in [1.82, 2.24) is 4.90 Å². The number of amides is 1. The van der Waals surface area contributed by atoms with E-state index >= 15 is 0 Å². The molecule has 3 rings (SSSR count). The van der Waals surface area contributed by atoms with E-state index in [4.69, 9.17) is 11.6 Å². The molecule has 0 aromatic heterocycles. The van der Waals surface area contributed by atoms with E-state index in [-0.39, 0.29) is 34.9 Å². The van der Waals surface area contributed by atoms with Crippen LogP contribution in [-0.2, 0) is 4.79 Å². The maximum atomic E-state index is 14.1. The Bertz CT molecular complexity index is 795. The zero-order valence-electron chi connectivity index (χ0n) is 14.5. The molecule has 1 fully saturated rings. The summed E-state index contributed by atoms with van der Waals surface area (Å²) in [6.07, 6.45) is 2.30. The van der Waals surface area contributed by atoms with Crippen molar-refractivity contribution in [2.45, 2.75) is 38.3 Å². The van der Waals surface area contributed by atoms with Crippen LogP contribution in [0.25, 0.3) is 0 Å². The van der Waals surface area contributed by atoms with E-state index in [1.54, 1.807) is 12.1 Å². The quantitative estimate of drug-likeness (QED) is 0.720. The molecule has 6 heteroatoms. The van der Waals surface area contributed by atoms with Crippen LogP contribution in [0.3, 0.4) is 0 Å². The molecule has 1 amide bonds. The third-order valence-electron chi connectivity index (χ3n) is 4.67. The minimum absolute atomic E-state index is 0.111. The van der Waals surface area contributed by atoms with Crippen LogP contribution in [-0.4, -0.2) is 23.4 Å². The molecule has 0 aliphatic heterocycles. The van der Waals surface area contributed by atoms with E-state index in [0.29, 0.717) is 18.2 Å². The van der Waals surface area contributed by atoms with Gasteiger partial charge in [-0.3, -0.25) is 9.69 Å². The van der Waals surface area contributed by atoms with Crippen molar-refractivity contribution >= 4 is 23.2 Å². The fourth-order valence-electron chi connectivity index (χ4n) is 3.13. The summed E-state index contributed by atoms with van der Waals surface area (Å²) in [6, 6.07) is 11.1. The Balaban J connectivity index is 1.62. The molecule has 0 heterocycles. The van der Waals surface area contributed by atoms with E-state index in [9.17, 15) is 13.6 Å². The van der Waals surface area contributed by atoms with Crippen LogP contribution in [0, 0.1) is 11.6 Å². The molecule has 1 atom stereocenters. The SMILES string of the molecule is CC(c1ccccc1F)N(CCC(=O)Nc1ccc(Cl)cc1F)C1CC1. The Morgan fingerprint density at radius 3 is 2.62 bits per heavy atom. The number of anilines is 1. The summed E-state index contributed by atoms with van der Waals surface area (Å²) in [7, 11) is 0. The zero-order chi connectivity index (χ0) is 18.7. The standard InChI is InChI=1S/C20H21ClF2N2O/c1-13(16-4-2-3-5-17(16)22)25(15-7-8-15)11-10-20(26)24-19-9-6-14(21)12-18(19)23/h2-6,9,12-13,15H,7-8,10-11H2,1H3,(H,24,26). The van der Waals surface area contributed by atoms with Gasteiger partial charge in [0.15, 0.2) is 0 Å². The monoisotopic (exact) mass is 378 g/mol. The van der Waals surface area contributed by atoms with Crippen molar-refractivity contribution in [3.8, 4) is 0 Å². The van der Waals surface area contributed by atoms with Gasteiger partial charge in [-0.2, -0.15) is 0 Å². The summed E-state index contributed by atoms with van der Waals surface area (Å²) in [5.74, 6) is -1.08. The zero-order valence-corrected chi connectivity index (χ0v) is 15.3. The average molecular weight is 379 g/mol. The van der Waals surface area contributed by atoms with Gasteiger partial charge in [-0.05, 0) is 44.0 Å². The van der Waals surface area contributed by atoms with Crippen molar-refractivity contribution in [3.63, 3.8) is 0 Å². The highest BCUT2D eigenvalue weighted by atomic mass is 35.5. The molecular weight excluding hydrogens is 358 g/mol. The lowest BCUT2D eigenvalue weighted by Gasteiger charge is -2.29. The minimum atomic E-state index is -0.565. The lowest BCUT2D eigenvalue weighted by Crippen LogP contribution is -2.33. The fourth-order valence-corrected chi connectivity index (χ4v) is 3.28. The largest absolute Gasteiger partial charge is 0.324 e. The smallest absolute Gasteiger partial charge is 0.225 e. The van der Waals surface area contributed by atoms with E-state index < -0.39 is 5.82 Å². The Labute approximate surface area is 157 Å². The highest BCUT2D eigenvalue weighted by Gasteiger charge is 2.33. The van der Waals surface area contributed by atoms with Crippen LogP contribution in [0.5, 0.6) is 0 Å². The summed E-state index contributed by atoms with van der Waals surface area (Å²) in [5, 5.41) is 2.85. The van der Waals surface area contributed by atoms with Crippen molar-refractivity contribution in [3.05, 3.63) is 64.7 Å². The van der Waals surface area contributed by atoms with Gasteiger partial charge in [-0.15, -0.1) is 0 Å². The molecule has 0 saturated heterocycles. The molecule has 2 aromatic carbocycles. The number of carbonyl (C=O) groups is 1. The van der Waals surface area contributed by atoms with Gasteiger partial charge >= 0.3 is 0 Å². The van der Waals surface area contributed by atoms with Gasteiger partial charge in [0.25, 0.3) is 0 Å². The predicted octanol–water partition coefficient (Wildman–Crippen LogP) is 5.17. The van der Waals surface area contributed by atoms with Gasteiger partial charge in [0, 0.05) is 35.6 Å². The highest BCUT2D eigenvalue weighted by molar-refractivity contribution is 6.30. The Kier molecular flexibility index (Phi) is 5.89. The van der Waals surface area contributed by atoms with Crippen LogP contribution in [0.4, 0.5) is 14.5 Å². The topological polar surface area (TPSA) is 32.3 Å². The fraction of sp³-hybridized carbons (Fsp3) is 0.350. The maximum absolute atomic E-state index is 14.1. The van der Waals surface area contributed by atoms with Crippen molar-refractivity contribution in [1.29, 1.82) is 0 Å². The number of hydrogen-bond acceptors (Lipinski definition) is 2. The number of benzene rings is 2. The predicted molar refractivity (Wildman–Crippen MR) is 99.2 cm³/mol. The molecule has 1 N–H and O–H groups in total. The summed E-state index contributed by atoms with van der Waals surface area (Å²) in [4.78, 5) is 14.4. The molecule has 2 aromatic rings. The summed E-state index contributed by atoms with van der Waals surface area (Å²) >= 11 is 5.71. The summed E-state index contributed by atoms with van der Waals surface area (Å²) < 4.78 is 27.9. The Morgan fingerprint density at radius 1 is 1.23 bits per heavy atom. The van der Waals surface area contributed by atoms with E-state index in [2.05, 4.69) is 10.2 Å². The molecule has 26 heavy (non-hydrogen) atoms. The van der Waals surface area contributed by atoms with Gasteiger partial charge in [-0.25, -0.2) is 8.78 Å². The summed E-state index contributed by atoms with van der Waals surface area (Å²) in [6.45, 7) is 2.44. The second-order valence-electron chi connectivity index (χ2n) is 6.59. The van der Waals surface area contributed by atoms with Gasteiger partial charge < -0.3 is 5.32 Å². The maximum Gasteiger partial charge on any atom is 0.225 e. The highest BCUT2D eigenvalue weighted by Crippen LogP contribution is 2.35. The molecule has 3 nitrogen and oxygen atoms in total. The number of rotatable bonds is 7. The third-order valence-corrected chi connectivity index (χ3v) is 4.91. The molecule has 1 unspecified atom stereocenters. The van der Waals surface area contributed by atoms with Crippen LogP contribution < -0.4 is 5.32 Å². The molecule has 1 aliphatic carbocycles. The van der Waals surface area contributed by atoms with Crippen molar-refractivity contribution < 1.29 is 13.6 Å². The molecule has 0 bridgehead atoms. The average Bonchev–Trinajstić information content (AvgIpc) is 3.43. The molecule has 0 radical (unpaired) electrons. The number of carbonyl (C=O) groups excluding carboxylic acids is 1. The first-order valence-electron chi connectivity index (χ1n) is 8.71. The van der Waals surface area contributed by atoms with E-state index in [0.717, 1.165) is 18.9 Å². The Morgan fingerprint density at radius 2 is 1.96 bits per heavy atom. The van der Waals surface area contributed by atoms with Crippen LogP contribution >= 0.6 is 11.6 Å². The molecule has 0 spiro atoms. The number of halogens is 3. The normalized spacial score (nSPS) is 15.1. The first-order chi connectivity index (χ1) is 12.5. The van der Waals surface area contributed by atoms with Gasteiger partial charge in [0.05, 0.1) is 5.69 Å². The van der Waals surface area contributed by atoms with Gasteiger partial charge in [0.2, 0.25) is 5.91 Å². The first-order valence-corrected chi connectivity index (χ1v) is 9.08. The third kappa shape index (κ3) is 4.59. The van der Waals surface area contributed by atoms with E-state index in [1.807, 2.05) is 13.0 Å². The van der Waals surface area contributed by atoms with Crippen molar-refractivity contribution in [2.75, 3.05) is 11.9 Å². The number of nitrogens with one attached hydrogen (secondary N) is 1. The lowest BCUT2D eigenvalue weighted by atomic mass is 10.1. The summed E-state index contributed by atoms with van der Waals surface area (Å²) in [5.41, 5.74) is 0.739. The van der Waals surface area contributed by atoms with Crippen LogP contribution in [0.15, 0.2) is 42.5 Å². The molecule has 138 valence electrons. The minimum Gasteiger partial charge on any atom is -0.324 e.